The Labute approximate surface area is 135 Å². The van der Waals surface area contributed by atoms with Crippen LogP contribution in [0.4, 0.5) is 13.2 Å². The Balaban J connectivity index is 2.45. The van der Waals surface area contributed by atoms with E-state index in [1.54, 1.807) is 20.8 Å². The number of halogens is 4. The third kappa shape index (κ3) is 3.67. The average Bonchev–Trinajstić information content (AvgIpc) is 2.75. The molecule has 2 rings (SSSR count). The third-order valence-electron chi connectivity index (χ3n) is 2.96. The zero-order valence-corrected chi connectivity index (χ0v) is 13.4. The van der Waals surface area contributed by atoms with Crippen LogP contribution in [0.25, 0.3) is 0 Å². The third-order valence-corrected chi connectivity index (χ3v) is 3.21. The summed E-state index contributed by atoms with van der Waals surface area (Å²) >= 11 is 5.98. The van der Waals surface area contributed by atoms with Crippen molar-refractivity contribution in [3.63, 3.8) is 0 Å². The largest absolute Gasteiger partial charge is 0.452 e. The molecule has 0 amide bonds. The molecule has 2 aromatic rings. The minimum atomic E-state index is -4.49. The molecule has 0 fully saturated rings. The molecule has 1 aromatic carbocycles. The SMILES string of the molecule is CC(C)(C)n1nc(Cl)c(Oc2cccc(C(F)(F)F)c2)c1C=O. The van der Waals surface area contributed by atoms with Crippen LogP contribution in [0.15, 0.2) is 24.3 Å². The van der Waals surface area contributed by atoms with E-state index in [-0.39, 0.29) is 22.3 Å². The molecular formula is C15H14ClF3N2O2. The predicted octanol–water partition coefficient (Wildman–Crippen LogP) is 4.92. The number of nitrogens with zero attached hydrogens (tertiary/aromatic N) is 2. The van der Waals surface area contributed by atoms with Gasteiger partial charge in [-0.1, -0.05) is 17.7 Å². The first-order chi connectivity index (χ1) is 10.5. The lowest BCUT2D eigenvalue weighted by Crippen LogP contribution is -2.25. The van der Waals surface area contributed by atoms with Crippen molar-refractivity contribution in [2.24, 2.45) is 0 Å². The van der Waals surface area contributed by atoms with E-state index in [0.29, 0.717) is 6.29 Å². The minimum Gasteiger partial charge on any atom is -0.452 e. The summed E-state index contributed by atoms with van der Waals surface area (Å²) in [6.45, 7) is 5.41. The second kappa shape index (κ2) is 5.88. The molecule has 0 saturated heterocycles. The van der Waals surface area contributed by atoms with E-state index >= 15 is 0 Å². The highest BCUT2D eigenvalue weighted by Crippen LogP contribution is 2.36. The summed E-state index contributed by atoms with van der Waals surface area (Å²) < 4.78 is 45.0. The van der Waals surface area contributed by atoms with E-state index in [2.05, 4.69) is 5.10 Å². The lowest BCUT2D eigenvalue weighted by molar-refractivity contribution is -0.137. The van der Waals surface area contributed by atoms with E-state index in [4.69, 9.17) is 16.3 Å². The Morgan fingerprint density at radius 1 is 1.26 bits per heavy atom. The molecule has 0 aliphatic rings. The number of alkyl halides is 3. The topological polar surface area (TPSA) is 44.1 Å². The molecule has 0 aliphatic carbocycles. The lowest BCUT2D eigenvalue weighted by atomic mass is 10.1. The van der Waals surface area contributed by atoms with Gasteiger partial charge >= 0.3 is 6.18 Å². The number of aromatic nitrogens is 2. The molecule has 0 atom stereocenters. The molecule has 23 heavy (non-hydrogen) atoms. The smallest absolute Gasteiger partial charge is 0.416 e. The molecule has 0 bridgehead atoms. The molecule has 1 aromatic heterocycles. The second-order valence-electron chi connectivity index (χ2n) is 5.83. The van der Waals surface area contributed by atoms with Crippen LogP contribution < -0.4 is 4.74 Å². The molecule has 1 heterocycles. The van der Waals surface area contributed by atoms with Crippen molar-refractivity contribution in [1.29, 1.82) is 0 Å². The van der Waals surface area contributed by atoms with Crippen molar-refractivity contribution in [3.05, 3.63) is 40.7 Å². The average molecular weight is 347 g/mol. The fourth-order valence-electron chi connectivity index (χ4n) is 1.95. The van der Waals surface area contributed by atoms with Gasteiger partial charge in [0.2, 0.25) is 0 Å². The molecule has 0 spiro atoms. The highest BCUT2D eigenvalue weighted by Gasteiger charge is 2.31. The van der Waals surface area contributed by atoms with Gasteiger partial charge in [-0.15, -0.1) is 0 Å². The molecular weight excluding hydrogens is 333 g/mol. The summed E-state index contributed by atoms with van der Waals surface area (Å²) in [6, 6.07) is 4.31. The molecule has 4 nitrogen and oxygen atoms in total. The van der Waals surface area contributed by atoms with Gasteiger partial charge in [0.05, 0.1) is 11.1 Å². The first-order valence-electron chi connectivity index (χ1n) is 6.63. The Morgan fingerprint density at radius 3 is 2.43 bits per heavy atom. The van der Waals surface area contributed by atoms with E-state index in [9.17, 15) is 18.0 Å². The maximum absolute atomic E-state index is 12.7. The van der Waals surface area contributed by atoms with E-state index in [1.807, 2.05) is 0 Å². The van der Waals surface area contributed by atoms with Crippen molar-refractivity contribution in [2.75, 3.05) is 0 Å². The number of carbonyl (C=O) groups is 1. The number of ether oxygens (including phenoxy) is 1. The van der Waals surface area contributed by atoms with Gasteiger partial charge in [0.1, 0.15) is 11.4 Å². The minimum absolute atomic E-state index is 0.0555. The normalized spacial score (nSPS) is 12.3. The van der Waals surface area contributed by atoms with Crippen LogP contribution in [0, 0.1) is 0 Å². The predicted molar refractivity (Wildman–Crippen MR) is 79.1 cm³/mol. The monoisotopic (exact) mass is 346 g/mol. The van der Waals surface area contributed by atoms with Crippen molar-refractivity contribution in [1.82, 2.24) is 9.78 Å². The van der Waals surface area contributed by atoms with Crippen LogP contribution >= 0.6 is 11.6 Å². The standard InChI is InChI=1S/C15H14ClF3N2O2/c1-14(2,3)21-11(8-22)12(13(16)20-21)23-10-6-4-5-9(7-10)15(17,18)19/h4-8H,1-3H3. The Hall–Kier alpha value is -2.02. The van der Waals surface area contributed by atoms with Crippen molar-refractivity contribution in [3.8, 4) is 11.5 Å². The fraction of sp³-hybridized carbons (Fsp3) is 0.333. The number of benzene rings is 1. The number of hydrogen-bond acceptors (Lipinski definition) is 3. The van der Waals surface area contributed by atoms with Gasteiger partial charge in [-0.25, -0.2) is 0 Å². The quantitative estimate of drug-likeness (QED) is 0.741. The number of hydrogen-bond donors (Lipinski definition) is 0. The Bertz CT molecular complexity index is 733. The van der Waals surface area contributed by atoms with Crippen molar-refractivity contribution in [2.45, 2.75) is 32.5 Å². The maximum atomic E-state index is 12.7. The van der Waals surface area contributed by atoms with E-state index in [1.165, 1.54) is 16.8 Å². The number of carbonyl (C=O) groups excluding carboxylic acids is 1. The van der Waals surface area contributed by atoms with Crippen LogP contribution in [0.5, 0.6) is 11.5 Å². The van der Waals surface area contributed by atoms with Gasteiger partial charge in [0.25, 0.3) is 0 Å². The fourth-order valence-corrected chi connectivity index (χ4v) is 2.16. The van der Waals surface area contributed by atoms with Gasteiger partial charge in [-0.05, 0) is 39.0 Å². The van der Waals surface area contributed by atoms with Crippen molar-refractivity contribution < 1.29 is 22.7 Å². The number of aldehydes is 1. The first-order valence-corrected chi connectivity index (χ1v) is 7.01. The van der Waals surface area contributed by atoms with E-state index in [0.717, 1.165) is 12.1 Å². The molecule has 8 heteroatoms. The van der Waals surface area contributed by atoms with Crippen molar-refractivity contribution >= 4 is 17.9 Å². The van der Waals surface area contributed by atoms with Crippen LogP contribution in [0.2, 0.25) is 5.15 Å². The van der Waals surface area contributed by atoms with Gasteiger partial charge in [0, 0.05) is 0 Å². The van der Waals surface area contributed by atoms with E-state index < -0.39 is 17.3 Å². The summed E-state index contributed by atoms with van der Waals surface area (Å²) in [7, 11) is 0. The van der Waals surface area contributed by atoms with Crippen LogP contribution in [-0.2, 0) is 11.7 Å². The molecule has 124 valence electrons. The summed E-state index contributed by atoms with van der Waals surface area (Å²) in [4.78, 5) is 11.3. The Morgan fingerprint density at radius 2 is 1.91 bits per heavy atom. The van der Waals surface area contributed by atoms with Gasteiger partial charge in [0.15, 0.2) is 17.2 Å². The lowest BCUT2D eigenvalue weighted by Gasteiger charge is -2.20. The zero-order chi connectivity index (χ0) is 17.4. The first kappa shape index (κ1) is 17.3. The molecule has 0 N–H and O–H groups in total. The number of rotatable bonds is 3. The van der Waals surface area contributed by atoms with Gasteiger partial charge in [-0.3, -0.25) is 9.48 Å². The highest BCUT2D eigenvalue weighted by molar-refractivity contribution is 6.31. The molecule has 0 unspecified atom stereocenters. The summed E-state index contributed by atoms with van der Waals surface area (Å²) in [6.07, 6.45) is -3.99. The summed E-state index contributed by atoms with van der Waals surface area (Å²) in [5, 5.41) is 3.93. The second-order valence-corrected chi connectivity index (χ2v) is 6.19. The highest BCUT2D eigenvalue weighted by atomic mass is 35.5. The summed E-state index contributed by atoms with van der Waals surface area (Å²) in [5.41, 5.74) is -1.35. The van der Waals surface area contributed by atoms with Gasteiger partial charge < -0.3 is 4.74 Å². The molecule has 0 aliphatic heterocycles. The van der Waals surface area contributed by atoms with Crippen LogP contribution in [0.1, 0.15) is 36.8 Å². The molecule has 0 radical (unpaired) electrons. The Kier molecular flexibility index (Phi) is 4.43. The van der Waals surface area contributed by atoms with Crippen LogP contribution in [0.3, 0.4) is 0 Å². The zero-order valence-electron chi connectivity index (χ0n) is 12.6. The van der Waals surface area contributed by atoms with Crippen LogP contribution in [-0.4, -0.2) is 16.1 Å². The molecule has 0 saturated carbocycles. The van der Waals surface area contributed by atoms with Gasteiger partial charge in [-0.2, -0.15) is 18.3 Å². The summed E-state index contributed by atoms with van der Waals surface area (Å²) in [5.74, 6) is -0.158. The maximum Gasteiger partial charge on any atom is 0.416 e.